The van der Waals surface area contributed by atoms with E-state index in [9.17, 15) is 0 Å². The van der Waals surface area contributed by atoms with Gasteiger partial charge < -0.3 is 9.32 Å². The number of aromatic nitrogens is 2. The summed E-state index contributed by atoms with van der Waals surface area (Å²) in [6.07, 6.45) is 0. The molecule has 0 saturated carbocycles. The van der Waals surface area contributed by atoms with E-state index in [0.717, 1.165) is 77.9 Å². The lowest BCUT2D eigenvalue weighted by Gasteiger charge is -2.27. The van der Waals surface area contributed by atoms with E-state index in [2.05, 4.69) is 144 Å². The Kier molecular flexibility index (Phi) is 6.76. The molecule has 0 aliphatic carbocycles. The minimum atomic E-state index is 0.655. The molecule has 2 heterocycles. The van der Waals surface area contributed by atoms with Crippen molar-refractivity contribution < 1.29 is 4.42 Å². The molecule has 0 N–H and O–H groups in total. The van der Waals surface area contributed by atoms with Gasteiger partial charge in [-0.3, -0.25) is 0 Å². The second-order valence-corrected chi connectivity index (χ2v) is 11.8. The van der Waals surface area contributed by atoms with Crippen LogP contribution < -0.4 is 4.90 Å². The number of rotatable bonds is 6. The van der Waals surface area contributed by atoms with Gasteiger partial charge in [-0.2, -0.15) is 0 Å². The number of hydrogen-bond acceptors (Lipinski definition) is 4. The average Bonchev–Trinajstić information content (AvgIpc) is 3.54. The summed E-state index contributed by atoms with van der Waals surface area (Å²) in [7, 11) is 0. The van der Waals surface area contributed by atoms with E-state index in [1.807, 2.05) is 36.4 Å². The van der Waals surface area contributed by atoms with E-state index in [-0.39, 0.29) is 0 Å². The van der Waals surface area contributed by atoms with E-state index in [1.54, 1.807) is 0 Å². The topological polar surface area (TPSA) is 42.2 Å². The maximum Gasteiger partial charge on any atom is 0.160 e. The van der Waals surface area contributed by atoms with Crippen molar-refractivity contribution in [1.82, 2.24) is 9.97 Å². The van der Waals surface area contributed by atoms with Crippen LogP contribution in [-0.4, -0.2) is 9.97 Å². The maximum absolute atomic E-state index is 6.73. The van der Waals surface area contributed by atoms with Crippen molar-refractivity contribution in [2.45, 2.75) is 0 Å². The molecule has 0 unspecified atom stereocenters. The van der Waals surface area contributed by atoms with Gasteiger partial charge in [-0.25, -0.2) is 9.97 Å². The summed E-state index contributed by atoms with van der Waals surface area (Å²) in [5, 5.41) is 4.28. The Hall–Kier alpha value is -6.52. The molecule has 0 radical (unpaired) electrons. The van der Waals surface area contributed by atoms with Gasteiger partial charge in [0.15, 0.2) is 5.82 Å². The fourth-order valence-electron chi connectivity index (χ4n) is 6.57. The van der Waals surface area contributed by atoms with E-state index in [4.69, 9.17) is 14.4 Å². The van der Waals surface area contributed by atoms with E-state index >= 15 is 0 Å². The molecule has 9 aromatic rings. The minimum absolute atomic E-state index is 0.655. The van der Waals surface area contributed by atoms with Gasteiger partial charge in [-0.05, 0) is 48.5 Å². The van der Waals surface area contributed by atoms with Gasteiger partial charge in [0.2, 0.25) is 0 Å². The number of furan rings is 1. The van der Waals surface area contributed by atoms with Crippen LogP contribution in [0.25, 0.3) is 66.6 Å². The zero-order valence-electron chi connectivity index (χ0n) is 26.0. The number of fused-ring (bicyclic) bond motifs is 5. The minimum Gasteiger partial charge on any atom is -0.455 e. The van der Waals surface area contributed by atoms with Crippen LogP contribution in [0.3, 0.4) is 0 Å². The van der Waals surface area contributed by atoms with Gasteiger partial charge in [0.05, 0.1) is 17.1 Å². The molecule has 0 amide bonds. The van der Waals surface area contributed by atoms with Crippen molar-refractivity contribution in [2.75, 3.05) is 4.90 Å². The van der Waals surface area contributed by atoms with Gasteiger partial charge in [-0.1, -0.05) is 127 Å². The third kappa shape index (κ3) is 4.88. The summed E-state index contributed by atoms with van der Waals surface area (Å²) in [5.74, 6) is 0.655. The van der Waals surface area contributed by atoms with E-state index in [1.165, 1.54) is 0 Å². The Balaban J connectivity index is 1.25. The number of anilines is 3. The number of hydrogen-bond donors (Lipinski definition) is 0. The second kappa shape index (κ2) is 11.7. The number of nitrogens with zero attached hydrogens (tertiary/aromatic N) is 3. The van der Waals surface area contributed by atoms with Gasteiger partial charge in [0, 0.05) is 49.6 Å². The van der Waals surface area contributed by atoms with Crippen LogP contribution in [-0.2, 0) is 0 Å². The summed E-state index contributed by atoms with van der Waals surface area (Å²) in [6.45, 7) is 0. The van der Waals surface area contributed by atoms with Crippen LogP contribution in [0.2, 0.25) is 0 Å². The highest BCUT2D eigenvalue weighted by Crippen LogP contribution is 2.44. The van der Waals surface area contributed by atoms with Gasteiger partial charge >= 0.3 is 0 Å². The third-order valence-electron chi connectivity index (χ3n) is 8.85. The standard InChI is InChI=1S/C44H29N3O/c1-5-15-30(16-6-1)39-29-40(31-17-7-2-8-18-31)46-44(45-39)32-25-26-36-38-28-41(35-23-13-14-24-37(35)43(38)48-42(36)27-32)47(33-19-9-3-10-20-33)34-21-11-4-12-22-34/h1-29H. The first-order valence-electron chi connectivity index (χ1n) is 16.1. The number of benzene rings is 7. The first kappa shape index (κ1) is 27.8. The van der Waals surface area contributed by atoms with Crippen LogP contribution in [0.5, 0.6) is 0 Å². The Morgan fingerprint density at radius 3 is 1.50 bits per heavy atom. The highest BCUT2D eigenvalue weighted by atomic mass is 16.3. The maximum atomic E-state index is 6.73. The zero-order chi connectivity index (χ0) is 31.9. The Morgan fingerprint density at radius 2 is 0.917 bits per heavy atom. The van der Waals surface area contributed by atoms with Crippen molar-refractivity contribution in [1.29, 1.82) is 0 Å². The fraction of sp³-hybridized carbons (Fsp3) is 0. The molecule has 0 aliphatic rings. The van der Waals surface area contributed by atoms with E-state index < -0.39 is 0 Å². The third-order valence-corrected chi connectivity index (χ3v) is 8.85. The van der Waals surface area contributed by atoms with Crippen LogP contribution in [0.4, 0.5) is 17.1 Å². The van der Waals surface area contributed by atoms with Crippen molar-refractivity contribution in [3.8, 4) is 33.9 Å². The summed E-state index contributed by atoms with van der Waals surface area (Å²) in [6, 6.07) is 60.7. The zero-order valence-corrected chi connectivity index (χ0v) is 26.0. The lowest BCUT2D eigenvalue weighted by atomic mass is 10.0. The molecule has 0 saturated heterocycles. The Bertz CT molecular complexity index is 2450. The average molecular weight is 616 g/mol. The molecule has 226 valence electrons. The van der Waals surface area contributed by atoms with Crippen LogP contribution in [0.15, 0.2) is 180 Å². The summed E-state index contributed by atoms with van der Waals surface area (Å²) in [5.41, 5.74) is 9.68. The molecule has 0 spiro atoms. The van der Waals surface area contributed by atoms with Crippen molar-refractivity contribution in [3.05, 3.63) is 176 Å². The molecular formula is C44H29N3O. The van der Waals surface area contributed by atoms with Crippen LogP contribution in [0.1, 0.15) is 0 Å². The van der Waals surface area contributed by atoms with Crippen LogP contribution >= 0.6 is 0 Å². The number of para-hydroxylation sites is 2. The highest BCUT2D eigenvalue weighted by Gasteiger charge is 2.20. The predicted molar refractivity (Wildman–Crippen MR) is 198 cm³/mol. The molecule has 0 fully saturated rings. The van der Waals surface area contributed by atoms with E-state index in [0.29, 0.717) is 5.82 Å². The Morgan fingerprint density at radius 1 is 0.396 bits per heavy atom. The van der Waals surface area contributed by atoms with Gasteiger partial charge in [-0.15, -0.1) is 0 Å². The quantitative estimate of drug-likeness (QED) is 0.187. The fourth-order valence-corrected chi connectivity index (χ4v) is 6.57. The highest BCUT2D eigenvalue weighted by molar-refractivity contribution is 6.20. The molecular weight excluding hydrogens is 587 g/mol. The molecule has 48 heavy (non-hydrogen) atoms. The van der Waals surface area contributed by atoms with Crippen molar-refractivity contribution in [2.24, 2.45) is 0 Å². The lowest BCUT2D eigenvalue weighted by Crippen LogP contribution is -2.10. The molecule has 4 nitrogen and oxygen atoms in total. The summed E-state index contributed by atoms with van der Waals surface area (Å²) >= 11 is 0. The van der Waals surface area contributed by atoms with Gasteiger partial charge in [0.25, 0.3) is 0 Å². The molecule has 2 aromatic heterocycles. The van der Waals surface area contributed by atoms with Crippen molar-refractivity contribution in [3.63, 3.8) is 0 Å². The first-order valence-corrected chi connectivity index (χ1v) is 16.1. The molecule has 0 atom stereocenters. The second-order valence-electron chi connectivity index (χ2n) is 11.8. The summed E-state index contributed by atoms with van der Waals surface area (Å²) in [4.78, 5) is 12.4. The van der Waals surface area contributed by atoms with Gasteiger partial charge in [0.1, 0.15) is 11.2 Å². The SMILES string of the molecule is c1ccc(-c2cc(-c3ccccc3)nc(-c3ccc4c(c3)oc3c5ccccc5c(N(c5ccccc5)c5ccccc5)cc43)n2)cc1. The Labute approximate surface area is 278 Å². The monoisotopic (exact) mass is 615 g/mol. The molecule has 7 aromatic carbocycles. The largest absolute Gasteiger partial charge is 0.455 e. The van der Waals surface area contributed by atoms with Crippen molar-refractivity contribution >= 4 is 49.8 Å². The smallest absolute Gasteiger partial charge is 0.160 e. The lowest BCUT2D eigenvalue weighted by molar-refractivity contribution is 0.673. The molecule has 0 bridgehead atoms. The first-order chi connectivity index (χ1) is 23.8. The molecule has 9 rings (SSSR count). The van der Waals surface area contributed by atoms with Crippen LogP contribution in [0, 0.1) is 0 Å². The molecule has 4 heteroatoms. The summed E-state index contributed by atoms with van der Waals surface area (Å²) < 4.78 is 6.73. The normalized spacial score (nSPS) is 11.3. The molecule has 0 aliphatic heterocycles. The predicted octanol–water partition coefficient (Wildman–Crippen LogP) is 12.0.